The summed E-state index contributed by atoms with van der Waals surface area (Å²) in [6.45, 7) is 3.21. The van der Waals surface area contributed by atoms with Gasteiger partial charge in [0.25, 0.3) is 0 Å². The Kier molecular flexibility index (Phi) is 3.01. The molecular weight excluding hydrogens is 326 g/mol. The average molecular weight is 336 g/mol. The molecule has 1 N–H and O–H groups in total. The van der Waals surface area contributed by atoms with E-state index in [1.54, 1.807) is 29.6 Å². The van der Waals surface area contributed by atoms with Crippen molar-refractivity contribution in [3.05, 3.63) is 28.7 Å². The third-order valence-corrected chi connectivity index (χ3v) is 2.95. The highest BCUT2D eigenvalue weighted by molar-refractivity contribution is 9.10. The molecule has 0 saturated carbocycles. The predicted molar refractivity (Wildman–Crippen MR) is 75.2 cm³/mol. The van der Waals surface area contributed by atoms with E-state index in [1.807, 2.05) is 0 Å². The number of aryl methyl sites for hydroxylation is 1. The maximum atomic E-state index is 11.2. The van der Waals surface area contributed by atoms with E-state index >= 15 is 0 Å². The van der Waals surface area contributed by atoms with Gasteiger partial charge in [-0.2, -0.15) is 4.52 Å². The van der Waals surface area contributed by atoms with E-state index in [4.69, 9.17) is 4.42 Å². The topological polar surface area (TPSA) is 85.3 Å². The third-order valence-electron chi connectivity index (χ3n) is 2.53. The highest BCUT2D eigenvalue weighted by atomic mass is 79.9. The zero-order valence-corrected chi connectivity index (χ0v) is 12.3. The normalized spacial score (nSPS) is 10.9. The van der Waals surface area contributed by atoms with Crippen LogP contribution in [0.5, 0.6) is 0 Å². The molecule has 0 atom stereocenters. The average Bonchev–Trinajstić information content (AvgIpc) is 2.92. The van der Waals surface area contributed by atoms with Gasteiger partial charge in [0.05, 0.1) is 0 Å². The number of aromatic nitrogens is 4. The number of carbonyl (C=O) groups excluding carboxylic acids is 1. The minimum Gasteiger partial charge on any atom is -0.446 e. The molecule has 0 spiro atoms. The molecule has 0 unspecified atom stereocenters. The van der Waals surface area contributed by atoms with E-state index in [1.165, 1.54) is 6.92 Å². The molecule has 0 bridgehead atoms. The van der Waals surface area contributed by atoms with Gasteiger partial charge in [0.1, 0.15) is 11.6 Å². The Morgan fingerprint density at radius 1 is 1.40 bits per heavy atom. The van der Waals surface area contributed by atoms with Crippen LogP contribution >= 0.6 is 15.9 Å². The van der Waals surface area contributed by atoms with E-state index in [0.29, 0.717) is 33.5 Å². The summed E-state index contributed by atoms with van der Waals surface area (Å²) in [5.41, 5.74) is 0.587. The van der Waals surface area contributed by atoms with E-state index in [0.717, 1.165) is 0 Å². The quantitative estimate of drug-likeness (QED) is 0.777. The van der Waals surface area contributed by atoms with Crippen LogP contribution in [0.15, 0.2) is 27.3 Å². The van der Waals surface area contributed by atoms with Crippen molar-refractivity contribution in [1.82, 2.24) is 19.6 Å². The summed E-state index contributed by atoms with van der Waals surface area (Å²) in [5, 5.41) is 6.91. The number of amides is 1. The van der Waals surface area contributed by atoms with Crippen LogP contribution in [0.3, 0.4) is 0 Å². The fraction of sp³-hybridized carbons (Fsp3) is 0.167. The number of nitrogens with one attached hydrogen (secondary N) is 1. The number of furan rings is 1. The second-order valence-corrected chi connectivity index (χ2v) is 4.96. The van der Waals surface area contributed by atoms with E-state index in [2.05, 4.69) is 36.3 Å². The van der Waals surface area contributed by atoms with Crippen LogP contribution in [-0.4, -0.2) is 25.5 Å². The minimum absolute atomic E-state index is 0.204. The molecule has 3 heterocycles. The number of halogens is 1. The van der Waals surface area contributed by atoms with Gasteiger partial charge in [-0.15, -0.1) is 5.10 Å². The number of rotatable bonds is 2. The molecule has 3 aromatic rings. The monoisotopic (exact) mass is 335 g/mol. The molecule has 0 aliphatic rings. The lowest BCUT2D eigenvalue weighted by Crippen LogP contribution is -2.09. The largest absolute Gasteiger partial charge is 0.446 e. The molecule has 3 aromatic heterocycles. The van der Waals surface area contributed by atoms with E-state index in [-0.39, 0.29) is 5.91 Å². The molecule has 0 saturated heterocycles. The number of nitrogens with zero attached hydrogens (tertiary/aromatic N) is 4. The predicted octanol–water partition coefficient (Wildman–Crippen LogP) is 2.41. The highest BCUT2D eigenvalue weighted by Crippen LogP contribution is 2.25. The number of hydrogen-bond donors (Lipinski definition) is 1. The third kappa shape index (κ3) is 2.29. The molecule has 1 amide bonds. The molecule has 0 aromatic carbocycles. The number of hydrogen-bond acceptors (Lipinski definition) is 5. The van der Waals surface area contributed by atoms with Gasteiger partial charge in [-0.05, 0) is 35.0 Å². The van der Waals surface area contributed by atoms with Gasteiger partial charge in [0, 0.05) is 13.0 Å². The summed E-state index contributed by atoms with van der Waals surface area (Å²) in [4.78, 5) is 19.8. The number of carbonyl (C=O) groups is 1. The molecule has 0 fully saturated rings. The molecule has 8 heteroatoms. The van der Waals surface area contributed by atoms with Crippen molar-refractivity contribution in [2.75, 3.05) is 5.32 Å². The van der Waals surface area contributed by atoms with Gasteiger partial charge < -0.3 is 9.73 Å². The van der Waals surface area contributed by atoms with Crippen molar-refractivity contribution >= 4 is 33.3 Å². The summed E-state index contributed by atoms with van der Waals surface area (Å²) in [6, 6.07) is 5.18. The molecule has 20 heavy (non-hydrogen) atoms. The Hall–Kier alpha value is -2.22. The first kappa shape index (κ1) is 12.8. The molecule has 0 aliphatic heterocycles. The molecular formula is C12H10BrN5O2. The lowest BCUT2D eigenvalue weighted by molar-refractivity contribution is -0.114. The molecule has 7 nitrogen and oxygen atoms in total. The van der Waals surface area contributed by atoms with Gasteiger partial charge in [-0.1, -0.05) is 0 Å². The van der Waals surface area contributed by atoms with Gasteiger partial charge in [-0.25, -0.2) is 9.97 Å². The van der Waals surface area contributed by atoms with Gasteiger partial charge in [-0.3, -0.25) is 4.79 Å². The van der Waals surface area contributed by atoms with E-state index in [9.17, 15) is 4.79 Å². The first-order chi connectivity index (χ1) is 9.52. The fourth-order valence-electron chi connectivity index (χ4n) is 1.84. The first-order valence-corrected chi connectivity index (χ1v) is 6.60. The van der Waals surface area contributed by atoms with Gasteiger partial charge in [0.2, 0.25) is 11.7 Å². The zero-order chi connectivity index (χ0) is 14.3. The second-order valence-electron chi connectivity index (χ2n) is 4.18. The molecule has 0 radical (unpaired) electrons. The SMILES string of the molecule is CC(=O)Nc1cc2nc(C)nn2c(-c2ccc(Br)o2)n1. The number of anilines is 1. The highest BCUT2D eigenvalue weighted by Gasteiger charge is 2.15. The van der Waals surface area contributed by atoms with Crippen molar-refractivity contribution in [2.24, 2.45) is 0 Å². The minimum atomic E-state index is -0.204. The van der Waals surface area contributed by atoms with Crippen molar-refractivity contribution in [3.8, 4) is 11.6 Å². The smallest absolute Gasteiger partial charge is 0.222 e. The van der Waals surface area contributed by atoms with Gasteiger partial charge in [0.15, 0.2) is 16.1 Å². The first-order valence-electron chi connectivity index (χ1n) is 5.80. The lowest BCUT2D eigenvalue weighted by atomic mass is 10.4. The van der Waals surface area contributed by atoms with Crippen LogP contribution in [0.25, 0.3) is 17.2 Å². The maximum Gasteiger partial charge on any atom is 0.222 e. The van der Waals surface area contributed by atoms with Crippen LogP contribution in [-0.2, 0) is 4.79 Å². The van der Waals surface area contributed by atoms with Crippen molar-refractivity contribution < 1.29 is 9.21 Å². The summed E-state index contributed by atoms with van der Waals surface area (Å²) >= 11 is 3.25. The Bertz CT molecular complexity index is 807. The molecule has 0 aliphatic carbocycles. The standard InChI is InChI=1S/C12H10BrN5O2/c1-6-14-11-5-10(15-7(2)19)16-12(18(11)17-6)8-3-4-9(13)20-8/h3-5H,1-2H3,(H,15,19). The molecule has 3 rings (SSSR count). The van der Waals surface area contributed by atoms with Crippen LogP contribution in [0.2, 0.25) is 0 Å². The summed E-state index contributed by atoms with van der Waals surface area (Å²) < 4.78 is 7.66. The van der Waals surface area contributed by atoms with Crippen LogP contribution in [0.1, 0.15) is 12.7 Å². The Morgan fingerprint density at radius 2 is 2.20 bits per heavy atom. The van der Waals surface area contributed by atoms with Crippen LogP contribution in [0, 0.1) is 6.92 Å². The summed E-state index contributed by atoms with van der Waals surface area (Å²) in [5.74, 6) is 1.81. The Balaban J connectivity index is 2.24. The van der Waals surface area contributed by atoms with Crippen molar-refractivity contribution in [3.63, 3.8) is 0 Å². The van der Waals surface area contributed by atoms with Crippen molar-refractivity contribution in [2.45, 2.75) is 13.8 Å². The van der Waals surface area contributed by atoms with Crippen LogP contribution < -0.4 is 5.32 Å². The lowest BCUT2D eigenvalue weighted by Gasteiger charge is -2.05. The number of fused-ring (bicyclic) bond motifs is 1. The van der Waals surface area contributed by atoms with E-state index < -0.39 is 0 Å². The Morgan fingerprint density at radius 3 is 2.85 bits per heavy atom. The fourth-order valence-corrected chi connectivity index (χ4v) is 2.14. The second kappa shape index (κ2) is 4.71. The summed E-state index contributed by atoms with van der Waals surface area (Å²) in [6.07, 6.45) is 0. The van der Waals surface area contributed by atoms with Crippen LogP contribution in [0.4, 0.5) is 5.82 Å². The maximum absolute atomic E-state index is 11.2. The Labute approximate surface area is 122 Å². The summed E-state index contributed by atoms with van der Waals surface area (Å²) in [7, 11) is 0. The molecule has 102 valence electrons. The van der Waals surface area contributed by atoms with Gasteiger partial charge >= 0.3 is 0 Å². The zero-order valence-electron chi connectivity index (χ0n) is 10.7. The van der Waals surface area contributed by atoms with Crippen molar-refractivity contribution in [1.29, 1.82) is 0 Å².